The first-order chi connectivity index (χ1) is 15.6. The number of piperazine rings is 1. The molecule has 0 unspecified atom stereocenters. The van der Waals surface area contributed by atoms with Gasteiger partial charge in [0.25, 0.3) is 5.91 Å². The molecule has 2 aliphatic rings. The van der Waals surface area contributed by atoms with Gasteiger partial charge < -0.3 is 20.4 Å². The topological polar surface area (TPSA) is 81.8 Å². The molecule has 4 amide bonds. The second-order valence-corrected chi connectivity index (χ2v) is 8.47. The van der Waals surface area contributed by atoms with Gasteiger partial charge in [0.05, 0.1) is 0 Å². The van der Waals surface area contributed by atoms with Gasteiger partial charge in [-0.3, -0.25) is 9.59 Å². The summed E-state index contributed by atoms with van der Waals surface area (Å²) in [5, 5.41) is 5.66. The van der Waals surface area contributed by atoms with Crippen molar-refractivity contribution in [1.29, 1.82) is 0 Å². The molecule has 2 fully saturated rings. The van der Waals surface area contributed by atoms with Gasteiger partial charge in [-0.2, -0.15) is 0 Å². The second kappa shape index (κ2) is 10.3. The van der Waals surface area contributed by atoms with Crippen LogP contribution in [-0.4, -0.2) is 59.9 Å². The zero-order chi connectivity index (χ0) is 22.3. The Kier molecular flexibility index (Phi) is 7.04. The Morgan fingerprint density at radius 2 is 1.59 bits per heavy atom. The third-order valence-corrected chi connectivity index (χ3v) is 5.90. The van der Waals surface area contributed by atoms with Crippen LogP contribution in [0.25, 0.3) is 0 Å². The average molecular weight is 435 g/mol. The van der Waals surface area contributed by atoms with E-state index in [0.717, 1.165) is 25.7 Å². The number of urea groups is 1. The lowest BCUT2D eigenvalue weighted by Crippen LogP contribution is -2.50. The molecule has 1 aliphatic carbocycles. The number of benzene rings is 2. The highest BCUT2D eigenvalue weighted by Crippen LogP contribution is 2.19. The van der Waals surface area contributed by atoms with Crippen LogP contribution >= 0.6 is 0 Å². The smallest absolute Gasteiger partial charge is 0.319 e. The highest BCUT2D eigenvalue weighted by Gasteiger charge is 2.25. The van der Waals surface area contributed by atoms with Gasteiger partial charge >= 0.3 is 6.03 Å². The predicted octanol–water partition coefficient (Wildman–Crippen LogP) is 3.28. The Balaban J connectivity index is 1.23. The molecule has 1 aliphatic heterocycles. The summed E-state index contributed by atoms with van der Waals surface area (Å²) < 4.78 is 0. The number of rotatable bonds is 7. The van der Waals surface area contributed by atoms with Crippen molar-refractivity contribution < 1.29 is 14.4 Å². The number of hydrogen-bond donors (Lipinski definition) is 2. The molecule has 0 bridgehead atoms. The van der Waals surface area contributed by atoms with Crippen molar-refractivity contribution in [3.8, 4) is 0 Å². The Hall–Kier alpha value is -3.35. The summed E-state index contributed by atoms with van der Waals surface area (Å²) in [5.41, 5.74) is 2.38. The van der Waals surface area contributed by atoms with E-state index in [4.69, 9.17) is 0 Å². The fraction of sp³-hybridized carbons (Fsp3) is 0.400. The highest BCUT2D eigenvalue weighted by molar-refractivity contribution is 5.97. The first kappa shape index (κ1) is 21.9. The van der Waals surface area contributed by atoms with E-state index >= 15 is 0 Å². The van der Waals surface area contributed by atoms with Crippen LogP contribution in [0, 0.1) is 0 Å². The maximum absolute atomic E-state index is 12.9. The van der Waals surface area contributed by atoms with E-state index in [1.54, 1.807) is 29.2 Å². The summed E-state index contributed by atoms with van der Waals surface area (Å²) in [5.74, 6) is 0.0772. The molecule has 0 spiro atoms. The van der Waals surface area contributed by atoms with Crippen LogP contribution in [0.2, 0.25) is 0 Å². The molecule has 0 radical (unpaired) electrons. The lowest BCUT2D eigenvalue weighted by molar-refractivity contribution is -0.132. The van der Waals surface area contributed by atoms with Crippen LogP contribution in [0.5, 0.6) is 0 Å². The van der Waals surface area contributed by atoms with Crippen molar-refractivity contribution in [2.24, 2.45) is 0 Å². The molecule has 0 aromatic heterocycles. The summed E-state index contributed by atoms with van der Waals surface area (Å²) in [4.78, 5) is 41.0. The van der Waals surface area contributed by atoms with Crippen molar-refractivity contribution in [2.75, 3.05) is 31.5 Å². The van der Waals surface area contributed by atoms with Crippen LogP contribution in [0.4, 0.5) is 10.5 Å². The first-order valence-corrected chi connectivity index (χ1v) is 11.4. The van der Waals surface area contributed by atoms with E-state index in [1.165, 1.54) is 5.56 Å². The number of nitrogens with zero attached hydrogens (tertiary/aromatic N) is 2. The van der Waals surface area contributed by atoms with Gasteiger partial charge in [0.1, 0.15) is 0 Å². The maximum Gasteiger partial charge on any atom is 0.319 e. The molecule has 7 heteroatoms. The van der Waals surface area contributed by atoms with Gasteiger partial charge in [0.15, 0.2) is 0 Å². The molecule has 32 heavy (non-hydrogen) atoms. The minimum absolute atomic E-state index is 0.0765. The number of aryl methyl sites for hydroxylation is 1. The molecule has 1 heterocycles. The van der Waals surface area contributed by atoms with E-state index in [0.29, 0.717) is 43.9 Å². The largest absolute Gasteiger partial charge is 0.339 e. The minimum Gasteiger partial charge on any atom is -0.339 e. The van der Waals surface area contributed by atoms with Crippen LogP contribution in [0.1, 0.15) is 41.6 Å². The van der Waals surface area contributed by atoms with Gasteiger partial charge in [-0.25, -0.2) is 4.79 Å². The summed E-state index contributed by atoms with van der Waals surface area (Å²) in [6.45, 7) is 2.14. The van der Waals surface area contributed by atoms with Crippen LogP contribution in [-0.2, 0) is 11.2 Å². The van der Waals surface area contributed by atoms with E-state index < -0.39 is 0 Å². The van der Waals surface area contributed by atoms with Crippen molar-refractivity contribution in [3.05, 3.63) is 65.7 Å². The third kappa shape index (κ3) is 6.09. The molecule has 7 nitrogen and oxygen atoms in total. The third-order valence-electron chi connectivity index (χ3n) is 5.90. The van der Waals surface area contributed by atoms with Crippen LogP contribution in [0.15, 0.2) is 54.6 Å². The molecule has 168 valence electrons. The quantitative estimate of drug-likeness (QED) is 0.702. The number of anilines is 1. The van der Waals surface area contributed by atoms with Crippen molar-refractivity contribution >= 4 is 23.5 Å². The lowest BCUT2D eigenvalue weighted by Gasteiger charge is -2.35. The zero-order valence-electron chi connectivity index (χ0n) is 18.3. The highest BCUT2D eigenvalue weighted by atomic mass is 16.2. The van der Waals surface area contributed by atoms with E-state index in [2.05, 4.69) is 22.8 Å². The number of carbonyl (C=O) groups is 3. The minimum atomic E-state index is -0.239. The summed E-state index contributed by atoms with van der Waals surface area (Å²) in [6, 6.07) is 17.2. The molecular formula is C25H30N4O3. The normalized spacial score (nSPS) is 15.9. The van der Waals surface area contributed by atoms with Gasteiger partial charge in [0.2, 0.25) is 5.91 Å². The van der Waals surface area contributed by atoms with Crippen molar-refractivity contribution in [3.63, 3.8) is 0 Å². The second-order valence-electron chi connectivity index (χ2n) is 8.47. The van der Waals surface area contributed by atoms with Gasteiger partial charge in [-0.1, -0.05) is 36.4 Å². The Morgan fingerprint density at radius 3 is 2.31 bits per heavy atom. The summed E-state index contributed by atoms with van der Waals surface area (Å²) >= 11 is 0. The molecule has 2 N–H and O–H groups in total. The fourth-order valence-electron chi connectivity index (χ4n) is 3.90. The van der Waals surface area contributed by atoms with E-state index in [1.807, 2.05) is 23.1 Å². The number of nitrogens with one attached hydrogen (secondary N) is 2. The number of carbonyl (C=O) groups excluding carboxylic acids is 3. The molecule has 2 aromatic rings. The predicted molar refractivity (Wildman–Crippen MR) is 123 cm³/mol. The van der Waals surface area contributed by atoms with Crippen molar-refractivity contribution in [1.82, 2.24) is 15.1 Å². The average Bonchev–Trinajstić information content (AvgIpc) is 3.63. The molecule has 0 atom stereocenters. The molecule has 2 aromatic carbocycles. The Morgan fingerprint density at radius 1 is 0.875 bits per heavy atom. The van der Waals surface area contributed by atoms with Crippen molar-refractivity contribution in [2.45, 2.75) is 38.1 Å². The number of hydrogen-bond acceptors (Lipinski definition) is 3. The monoisotopic (exact) mass is 434 g/mol. The van der Waals surface area contributed by atoms with Crippen LogP contribution in [0.3, 0.4) is 0 Å². The number of amides is 4. The van der Waals surface area contributed by atoms with E-state index in [-0.39, 0.29) is 23.9 Å². The van der Waals surface area contributed by atoms with Gasteiger partial charge in [-0.05, 0) is 49.4 Å². The fourth-order valence-corrected chi connectivity index (χ4v) is 3.90. The first-order valence-electron chi connectivity index (χ1n) is 11.4. The standard InChI is InChI=1S/C25H30N4O3/c30-23(11-4-8-19-6-2-1-3-7-19)28-14-16-29(17-15-28)24(31)20-9-5-10-22(18-20)27-25(32)26-21-12-13-21/h1-3,5-7,9-10,18,21H,4,8,11-17H2,(H2,26,27,32). The Bertz CT molecular complexity index is 951. The maximum atomic E-state index is 12.9. The van der Waals surface area contributed by atoms with E-state index in [9.17, 15) is 14.4 Å². The van der Waals surface area contributed by atoms with Gasteiger partial charge in [0, 0.05) is 49.9 Å². The molecule has 4 rings (SSSR count). The molecule has 1 saturated heterocycles. The lowest BCUT2D eigenvalue weighted by atomic mass is 10.1. The summed E-state index contributed by atoms with van der Waals surface area (Å²) in [7, 11) is 0. The van der Waals surface area contributed by atoms with Gasteiger partial charge in [-0.15, -0.1) is 0 Å². The Labute approximate surface area is 188 Å². The molecule has 1 saturated carbocycles. The SMILES string of the molecule is O=C(Nc1cccc(C(=O)N2CCN(C(=O)CCCc3ccccc3)CC2)c1)NC1CC1. The zero-order valence-corrected chi connectivity index (χ0v) is 18.3. The summed E-state index contributed by atoms with van der Waals surface area (Å²) in [6.07, 6.45) is 4.30. The van der Waals surface area contributed by atoms with Crippen LogP contribution < -0.4 is 10.6 Å². The molecular weight excluding hydrogens is 404 g/mol.